The van der Waals surface area contributed by atoms with Gasteiger partial charge in [-0.25, -0.2) is 5.01 Å². The third-order valence-corrected chi connectivity index (χ3v) is 7.54. The molecule has 36 heavy (non-hydrogen) atoms. The quantitative estimate of drug-likeness (QED) is 0.442. The number of amidine groups is 1. The molecule has 2 aliphatic rings. The Labute approximate surface area is 219 Å². The molecule has 0 saturated heterocycles. The zero-order chi connectivity index (χ0) is 25.2. The average Bonchev–Trinajstić information content (AvgIpc) is 3.45. The topological polar surface area (TPSA) is 74.1 Å². The molecule has 6 nitrogen and oxygen atoms in total. The van der Waals surface area contributed by atoms with Crippen LogP contribution >= 0.6 is 23.4 Å². The van der Waals surface area contributed by atoms with E-state index in [0.29, 0.717) is 22.3 Å². The van der Waals surface area contributed by atoms with Crippen LogP contribution in [0.4, 0.5) is 5.69 Å². The molecule has 0 radical (unpaired) electrons. The zero-order valence-corrected chi connectivity index (χ0v) is 21.5. The van der Waals surface area contributed by atoms with Gasteiger partial charge in [-0.3, -0.25) is 9.59 Å². The molecule has 0 unspecified atom stereocenters. The fourth-order valence-corrected chi connectivity index (χ4v) is 5.45. The largest absolute Gasteiger partial charge is 0.326 e. The van der Waals surface area contributed by atoms with Gasteiger partial charge in [0, 0.05) is 23.6 Å². The van der Waals surface area contributed by atoms with Gasteiger partial charge in [-0.1, -0.05) is 83.0 Å². The number of thioether (sulfide) groups is 1. The van der Waals surface area contributed by atoms with Crippen molar-refractivity contribution < 1.29 is 9.59 Å². The number of carbonyl (C=O) groups is 2. The molecule has 2 amide bonds. The number of nitrogens with one attached hydrogen (secondary N) is 1. The summed E-state index contributed by atoms with van der Waals surface area (Å²) in [4.78, 5) is 29.7. The number of hydrogen-bond acceptors (Lipinski definition) is 5. The number of aliphatic imine (C=N–C) groups is 1. The van der Waals surface area contributed by atoms with Crippen LogP contribution in [0.3, 0.4) is 0 Å². The first-order chi connectivity index (χ1) is 17.4. The summed E-state index contributed by atoms with van der Waals surface area (Å²) < 4.78 is 0. The van der Waals surface area contributed by atoms with E-state index in [1.54, 1.807) is 0 Å². The molecule has 2 atom stereocenters. The Kier molecular flexibility index (Phi) is 6.94. The van der Waals surface area contributed by atoms with Gasteiger partial charge in [-0.05, 0) is 49.2 Å². The summed E-state index contributed by atoms with van der Waals surface area (Å²) in [7, 11) is 0. The van der Waals surface area contributed by atoms with Gasteiger partial charge in [0.1, 0.15) is 5.25 Å². The van der Waals surface area contributed by atoms with Crippen LogP contribution in [0.5, 0.6) is 0 Å². The van der Waals surface area contributed by atoms with Crippen molar-refractivity contribution in [2.75, 3.05) is 5.32 Å². The van der Waals surface area contributed by atoms with Crippen LogP contribution in [0, 0.1) is 13.8 Å². The van der Waals surface area contributed by atoms with Crippen LogP contribution in [-0.2, 0) is 9.59 Å². The predicted octanol–water partition coefficient (Wildman–Crippen LogP) is 6.13. The van der Waals surface area contributed by atoms with Crippen LogP contribution in [-0.4, -0.2) is 33.0 Å². The molecule has 0 aromatic heterocycles. The van der Waals surface area contributed by atoms with Crippen molar-refractivity contribution in [3.63, 3.8) is 0 Å². The molecule has 1 N–H and O–H groups in total. The summed E-state index contributed by atoms with van der Waals surface area (Å²) in [5.41, 5.74) is 5.94. The maximum atomic E-state index is 12.8. The Hall–Kier alpha value is -3.42. The van der Waals surface area contributed by atoms with Gasteiger partial charge in [0.15, 0.2) is 5.17 Å². The lowest BCUT2D eigenvalue weighted by molar-refractivity contribution is -0.121. The zero-order valence-electron chi connectivity index (χ0n) is 19.9. The monoisotopic (exact) mass is 516 g/mol. The minimum absolute atomic E-state index is 0.0427. The first-order valence-corrected chi connectivity index (χ1v) is 13.0. The van der Waals surface area contributed by atoms with E-state index >= 15 is 0 Å². The van der Waals surface area contributed by atoms with Crippen LogP contribution < -0.4 is 5.32 Å². The van der Waals surface area contributed by atoms with E-state index in [0.717, 1.165) is 28.0 Å². The Morgan fingerprint density at radius 2 is 1.81 bits per heavy atom. The molecule has 8 heteroatoms. The second-order valence-electron chi connectivity index (χ2n) is 8.99. The molecule has 0 fully saturated rings. The Morgan fingerprint density at radius 3 is 2.53 bits per heavy atom. The standard InChI is InChI=1S/C28H25ClN4O2S/c1-17-6-12-22(13-7-17)30-26(34)16-25-27(35)31-28(36-25)33-24(20-5-3-4-18(2)14-20)15-23(32-33)19-8-10-21(29)11-9-19/h3-14,24-25H,15-16H2,1-2H3,(H,30,34)/t24-,25-/m1/s1. The van der Waals surface area contributed by atoms with Gasteiger partial charge in [-0.15, -0.1) is 0 Å². The van der Waals surface area contributed by atoms with Crippen molar-refractivity contribution in [3.05, 3.63) is 100 Å². The van der Waals surface area contributed by atoms with Crippen molar-refractivity contribution >= 4 is 51.7 Å². The molecule has 2 heterocycles. The molecule has 2 aliphatic heterocycles. The number of benzene rings is 3. The maximum Gasteiger partial charge on any atom is 0.262 e. The van der Waals surface area contributed by atoms with Crippen LogP contribution in [0.15, 0.2) is 82.9 Å². The fourth-order valence-electron chi connectivity index (χ4n) is 4.26. The highest BCUT2D eigenvalue weighted by Gasteiger charge is 2.39. The van der Waals surface area contributed by atoms with E-state index in [9.17, 15) is 9.59 Å². The average molecular weight is 517 g/mol. The van der Waals surface area contributed by atoms with Crippen molar-refractivity contribution in [3.8, 4) is 0 Å². The Balaban J connectivity index is 1.35. The molecular weight excluding hydrogens is 492 g/mol. The highest BCUT2D eigenvalue weighted by Crippen LogP contribution is 2.39. The third-order valence-electron chi connectivity index (χ3n) is 6.15. The molecular formula is C28H25ClN4O2S. The highest BCUT2D eigenvalue weighted by atomic mass is 35.5. The summed E-state index contributed by atoms with van der Waals surface area (Å²) in [6.45, 7) is 4.04. The number of amides is 2. The van der Waals surface area contributed by atoms with Gasteiger partial charge < -0.3 is 5.32 Å². The van der Waals surface area contributed by atoms with Gasteiger partial charge in [0.05, 0.1) is 11.8 Å². The van der Waals surface area contributed by atoms with Gasteiger partial charge in [-0.2, -0.15) is 10.1 Å². The lowest BCUT2D eigenvalue weighted by Gasteiger charge is -2.23. The fraction of sp³-hybridized carbons (Fsp3) is 0.214. The summed E-state index contributed by atoms with van der Waals surface area (Å²) in [5, 5.41) is 10.2. The summed E-state index contributed by atoms with van der Waals surface area (Å²) in [6.07, 6.45) is 0.707. The molecule has 0 bridgehead atoms. The maximum absolute atomic E-state index is 12.8. The van der Waals surface area contributed by atoms with Crippen LogP contribution in [0.25, 0.3) is 0 Å². The third kappa shape index (κ3) is 5.37. The molecule has 0 saturated carbocycles. The number of hydrazone groups is 1. The van der Waals surface area contributed by atoms with E-state index in [1.807, 2.05) is 66.5 Å². The van der Waals surface area contributed by atoms with E-state index in [-0.39, 0.29) is 24.3 Å². The van der Waals surface area contributed by atoms with Crippen molar-refractivity contribution in [1.29, 1.82) is 0 Å². The van der Waals surface area contributed by atoms with Gasteiger partial charge in [0.25, 0.3) is 5.91 Å². The van der Waals surface area contributed by atoms with Crippen LogP contribution in [0.1, 0.15) is 41.1 Å². The number of aryl methyl sites for hydroxylation is 2. The smallest absolute Gasteiger partial charge is 0.262 e. The SMILES string of the molecule is Cc1ccc(NC(=O)C[C@H]2SC(N3N=C(c4ccc(Cl)cc4)C[C@@H]3c3cccc(C)c3)=NC2=O)cc1. The summed E-state index contributed by atoms with van der Waals surface area (Å²) in [6, 6.07) is 23.3. The lowest BCUT2D eigenvalue weighted by atomic mass is 9.97. The number of halogens is 1. The summed E-state index contributed by atoms with van der Waals surface area (Å²) in [5.74, 6) is -0.532. The van der Waals surface area contributed by atoms with E-state index in [4.69, 9.17) is 16.7 Å². The molecule has 5 rings (SSSR count). The van der Waals surface area contributed by atoms with Gasteiger partial charge >= 0.3 is 0 Å². The van der Waals surface area contributed by atoms with Gasteiger partial charge in [0.2, 0.25) is 5.91 Å². The second-order valence-corrected chi connectivity index (χ2v) is 10.6. The minimum Gasteiger partial charge on any atom is -0.326 e. The molecule has 0 aliphatic carbocycles. The summed E-state index contributed by atoms with van der Waals surface area (Å²) >= 11 is 7.38. The normalized spacial score (nSPS) is 19.3. The number of rotatable bonds is 5. The first-order valence-electron chi connectivity index (χ1n) is 11.7. The first kappa shape index (κ1) is 24.3. The number of anilines is 1. The van der Waals surface area contributed by atoms with Crippen molar-refractivity contribution in [1.82, 2.24) is 5.01 Å². The second kappa shape index (κ2) is 10.3. The molecule has 3 aromatic rings. The van der Waals surface area contributed by atoms with E-state index < -0.39 is 5.25 Å². The van der Waals surface area contributed by atoms with Crippen LogP contribution in [0.2, 0.25) is 5.02 Å². The molecule has 0 spiro atoms. The molecule has 3 aromatic carbocycles. The number of nitrogens with zero attached hydrogens (tertiary/aromatic N) is 3. The highest BCUT2D eigenvalue weighted by molar-refractivity contribution is 8.15. The number of hydrogen-bond donors (Lipinski definition) is 1. The number of carbonyl (C=O) groups excluding carboxylic acids is 2. The van der Waals surface area contributed by atoms with E-state index in [2.05, 4.69) is 35.4 Å². The Morgan fingerprint density at radius 1 is 1.06 bits per heavy atom. The Bertz CT molecular complexity index is 1370. The van der Waals surface area contributed by atoms with Crippen molar-refractivity contribution in [2.45, 2.75) is 38.0 Å². The molecule has 182 valence electrons. The van der Waals surface area contributed by atoms with E-state index in [1.165, 1.54) is 11.8 Å². The minimum atomic E-state index is -0.585. The predicted molar refractivity (Wildman–Crippen MR) is 147 cm³/mol. The van der Waals surface area contributed by atoms with Crippen molar-refractivity contribution in [2.24, 2.45) is 10.1 Å². The lowest BCUT2D eigenvalue weighted by Crippen LogP contribution is -2.25.